The number of aromatic amines is 1. The van der Waals surface area contributed by atoms with E-state index in [0.29, 0.717) is 47.2 Å². The number of pyridine rings is 2. The van der Waals surface area contributed by atoms with Crippen molar-refractivity contribution in [3.05, 3.63) is 135 Å². The number of carbonyl (C=O) groups is 2. The molecule has 254 valence electrons. The van der Waals surface area contributed by atoms with Crippen LogP contribution in [0.5, 0.6) is 11.5 Å². The molecule has 2 aromatic heterocycles. The Labute approximate surface area is 282 Å². The highest BCUT2D eigenvalue weighted by atomic mass is 16.5. The van der Waals surface area contributed by atoms with E-state index in [4.69, 9.17) is 14.2 Å². The fourth-order valence-corrected chi connectivity index (χ4v) is 5.31. The third kappa shape index (κ3) is 9.43. The molecule has 5 rings (SSSR count). The fraction of sp³-hybridized carbons (Fsp3) is 0.243. The van der Waals surface area contributed by atoms with Crippen LogP contribution in [0.15, 0.2) is 102 Å². The molecule has 12 nitrogen and oxygen atoms in total. The van der Waals surface area contributed by atoms with Crippen molar-refractivity contribution < 1.29 is 34.0 Å². The van der Waals surface area contributed by atoms with Gasteiger partial charge in [0.05, 0.1) is 36.9 Å². The topological polar surface area (TPSA) is 172 Å². The number of alkyl carbamates (subject to hydrolysis) is 1. The Morgan fingerprint density at radius 1 is 0.939 bits per heavy atom. The molecule has 0 aliphatic rings. The number of ether oxygens (including phenoxy) is 3. The molecule has 2 heterocycles. The number of aromatic hydroxyl groups is 1. The predicted molar refractivity (Wildman–Crippen MR) is 182 cm³/mol. The Hall–Kier alpha value is -5.72. The van der Waals surface area contributed by atoms with Gasteiger partial charge in [-0.1, -0.05) is 48.5 Å². The summed E-state index contributed by atoms with van der Waals surface area (Å²) < 4.78 is 16.3. The summed E-state index contributed by atoms with van der Waals surface area (Å²) in [6, 6.07) is 24.1. The lowest BCUT2D eigenvalue weighted by Crippen LogP contribution is -2.29. The summed E-state index contributed by atoms with van der Waals surface area (Å²) in [6.07, 6.45) is 2.97. The fourth-order valence-electron chi connectivity index (χ4n) is 5.31. The standard InChI is InChI=1S/C37H38N4O8/c1-47-37(46)41-34(25-8-3-2-4-9-25)26-10-7-11-28(19-26)49-23-24-18-27(21-39-20-24)36(45)48-17-6-5-16-38-22-32(43)29-12-14-31(42)35-30(29)13-15-33(44)40-35/h2-4,7-15,18-21,32,34,38,42-43H,5-6,16-17,22-23H2,1H3,(H,40,44)(H,41,46). The number of aromatic nitrogens is 2. The van der Waals surface area contributed by atoms with Crippen molar-refractivity contribution in [1.82, 2.24) is 20.6 Å². The normalized spacial score (nSPS) is 12.2. The van der Waals surface area contributed by atoms with Gasteiger partial charge in [0.1, 0.15) is 18.1 Å². The third-order valence-electron chi connectivity index (χ3n) is 7.79. The Balaban J connectivity index is 1.06. The maximum absolute atomic E-state index is 12.7. The van der Waals surface area contributed by atoms with Crippen molar-refractivity contribution >= 4 is 23.0 Å². The summed E-state index contributed by atoms with van der Waals surface area (Å²) in [7, 11) is 1.32. The van der Waals surface area contributed by atoms with Gasteiger partial charge in [0.25, 0.3) is 0 Å². The van der Waals surface area contributed by atoms with Gasteiger partial charge in [-0.25, -0.2) is 9.59 Å². The lowest BCUT2D eigenvalue weighted by Gasteiger charge is -2.20. The second-order valence-corrected chi connectivity index (χ2v) is 11.3. The number of nitrogens with zero attached hydrogens (tertiary/aromatic N) is 1. The van der Waals surface area contributed by atoms with E-state index in [9.17, 15) is 24.6 Å². The molecule has 0 aliphatic carbocycles. The Morgan fingerprint density at radius 3 is 2.57 bits per heavy atom. The molecule has 12 heteroatoms. The number of hydrogen-bond donors (Lipinski definition) is 5. The van der Waals surface area contributed by atoms with E-state index in [2.05, 4.69) is 20.6 Å². The second kappa shape index (κ2) is 16.9. The van der Waals surface area contributed by atoms with Crippen LogP contribution in [-0.2, 0) is 16.1 Å². The van der Waals surface area contributed by atoms with Crippen LogP contribution in [0.4, 0.5) is 4.79 Å². The minimum absolute atomic E-state index is 0.0619. The van der Waals surface area contributed by atoms with Crippen molar-refractivity contribution in [2.24, 2.45) is 0 Å². The minimum atomic E-state index is -0.852. The molecule has 0 radical (unpaired) electrons. The Morgan fingerprint density at radius 2 is 1.76 bits per heavy atom. The van der Waals surface area contributed by atoms with E-state index in [0.717, 1.165) is 11.1 Å². The SMILES string of the molecule is COC(=O)NC(c1ccccc1)c1cccc(OCc2cncc(C(=O)OCCCCNCC(O)c3ccc(O)c4[nH]c(=O)ccc34)c2)c1. The average molecular weight is 667 g/mol. The molecule has 0 saturated carbocycles. The van der Waals surface area contributed by atoms with Gasteiger partial charge in [0, 0.05) is 36.0 Å². The zero-order chi connectivity index (χ0) is 34.6. The molecule has 0 spiro atoms. The molecular formula is C37H38N4O8. The number of phenolic OH excluding ortho intramolecular Hbond substituents is 1. The quantitative estimate of drug-likeness (QED) is 0.0763. The number of H-pyrrole nitrogens is 1. The Kier molecular flexibility index (Phi) is 11.9. The van der Waals surface area contributed by atoms with E-state index in [1.54, 1.807) is 24.4 Å². The molecule has 0 bridgehead atoms. The number of esters is 1. The van der Waals surface area contributed by atoms with E-state index < -0.39 is 24.2 Å². The van der Waals surface area contributed by atoms with Crippen LogP contribution in [0.3, 0.4) is 0 Å². The molecule has 5 aromatic rings. The van der Waals surface area contributed by atoms with Gasteiger partial charge in [0.2, 0.25) is 5.56 Å². The molecule has 0 saturated heterocycles. The van der Waals surface area contributed by atoms with Crippen LogP contribution in [0.1, 0.15) is 57.6 Å². The van der Waals surface area contributed by atoms with E-state index in [-0.39, 0.29) is 36.6 Å². The third-order valence-corrected chi connectivity index (χ3v) is 7.79. The lowest BCUT2D eigenvalue weighted by molar-refractivity contribution is 0.0497. The number of fused-ring (bicyclic) bond motifs is 1. The summed E-state index contributed by atoms with van der Waals surface area (Å²) >= 11 is 0. The molecule has 0 fully saturated rings. The van der Waals surface area contributed by atoms with E-state index in [1.165, 1.54) is 25.4 Å². The molecule has 0 aliphatic heterocycles. The molecule has 49 heavy (non-hydrogen) atoms. The van der Waals surface area contributed by atoms with Crippen molar-refractivity contribution in [1.29, 1.82) is 0 Å². The maximum atomic E-state index is 12.7. The van der Waals surface area contributed by atoms with E-state index in [1.807, 2.05) is 54.6 Å². The summed E-state index contributed by atoms with van der Waals surface area (Å²) in [5.74, 6) is 0.0247. The molecule has 3 aromatic carbocycles. The van der Waals surface area contributed by atoms with Crippen LogP contribution in [0.2, 0.25) is 0 Å². The number of aliphatic hydroxyl groups is 1. The number of methoxy groups -OCH3 is 1. The van der Waals surface area contributed by atoms with Gasteiger partial charge >= 0.3 is 12.1 Å². The second-order valence-electron chi connectivity index (χ2n) is 11.3. The minimum Gasteiger partial charge on any atom is -0.506 e. The summed E-state index contributed by atoms with van der Waals surface area (Å²) in [4.78, 5) is 43.1. The van der Waals surface area contributed by atoms with Crippen LogP contribution in [0.25, 0.3) is 10.9 Å². The van der Waals surface area contributed by atoms with E-state index >= 15 is 0 Å². The molecule has 2 atom stereocenters. The maximum Gasteiger partial charge on any atom is 0.407 e. The zero-order valence-corrected chi connectivity index (χ0v) is 26.9. The number of amides is 1. The van der Waals surface area contributed by atoms with Crippen molar-refractivity contribution in [2.45, 2.75) is 31.6 Å². The molecule has 1 amide bonds. The van der Waals surface area contributed by atoms with Crippen molar-refractivity contribution in [3.8, 4) is 11.5 Å². The average Bonchev–Trinajstić information content (AvgIpc) is 3.13. The van der Waals surface area contributed by atoms with Gasteiger partial charge in [-0.2, -0.15) is 0 Å². The number of carbonyl (C=O) groups excluding carboxylic acids is 2. The van der Waals surface area contributed by atoms with Crippen LogP contribution in [-0.4, -0.2) is 59.0 Å². The number of nitrogens with one attached hydrogen (secondary N) is 3. The zero-order valence-electron chi connectivity index (χ0n) is 26.9. The van der Waals surface area contributed by atoms with Crippen molar-refractivity contribution in [2.75, 3.05) is 26.8 Å². The number of hydrogen-bond acceptors (Lipinski definition) is 10. The number of unbranched alkanes of at least 4 members (excludes halogenated alkanes) is 1. The largest absolute Gasteiger partial charge is 0.506 e. The number of benzene rings is 3. The first-order valence-electron chi connectivity index (χ1n) is 15.8. The number of rotatable bonds is 15. The molecule has 5 N–H and O–H groups in total. The summed E-state index contributed by atoms with van der Waals surface area (Å²) in [5, 5.41) is 27.3. The van der Waals surface area contributed by atoms with Gasteiger partial charge in [0.15, 0.2) is 0 Å². The monoisotopic (exact) mass is 666 g/mol. The van der Waals surface area contributed by atoms with Gasteiger partial charge in [-0.05, 0) is 66.4 Å². The molecule has 2 unspecified atom stereocenters. The van der Waals surface area contributed by atoms with Gasteiger partial charge in [-0.15, -0.1) is 0 Å². The van der Waals surface area contributed by atoms with Crippen LogP contribution < -0.4 is 20.9 Å². The first-order chi connectivity index (χ1) is 23.8. The molecular weight excluding hydrogens is 628 g/mol. The van der Waals surface area contributed by atoms with Crippen LogP contribution in [0, 0.1) is 0 Å². The lowest BCUT2D eigenvalue weighted by atomic mass is 9.98. The number of aliphatic hydroxyl groups excluding tert-OH is 1. The first-order valence-corrected chi connectivity index (χ1v) is 15.8. The Bertz CT molecular complexity index is 1930. The highest BCUT2D eigenvalue weighted by molar-refractivity contribution is 5.89. The predicted octanol–water partition coefficient (Wildman–Crippen LogP) is 4.91. The smallest absolute Gasteiger partial charge is 0.407 e. The first kappa shape index (κ1) is 34.6. The van der Waals surface area contributed by atoms with Crippen LogP contribution >= 0.6 is 0 Å². The van der Waals surface area contributed by atoms with Gasteiger partial charge in [-0.3, -0.25) is 9.78 Å². The van der Waals surface area contributed by atoms with Crippen molar-refractivity contribution in [3.63, 3.8) is 0 Å². The highest BCUT2D eigenvalue weighted by Crippen LogP contribution is 2.29. The summed E-state index contributed by atoms with van der Waals surface area (Å²) in [6.45, 7) is 1.23. The van der Waals surface area contributed by atoms with Gasteiger partial charge < -0.3 is 40.0 Å². The highest BCUT2D eigenvalue weighted by Gasteiger charge is 2.18. The number of phenols is 1. The summed E-state index contributed by atoms with van der Waals surface area (Å²) in [5.41, 5.74) is 3.22.